The van der Waals surface area contributed by atoms with Gasteiger partial charge in [0.2, 0.25) is 0 Å². The normalized spacial score (nSPS) is 11.7. The summed E-state index contributed by atoms with van der Waals surface area (Å²) in [5.74, 6) is -1.54. The first-order valence-electron chi connectivity index (χ1n) is 11.3. The predicted molar refractivity (Wildman–Crippen MR) is 137 cm³/mol. The second-order valence-corrected chi connectivity index (χ2v) is 13.0. The lowest BCUT2D eigenvalue weighted by molar-refractivity contribution is -0.385. The van der Waals surface area contributed by atoms with Crippen LogP contribution in [0.5, 0.6) is 5.75 Å². The zero-order valence-corrected chi connectivity index (χ0v) is 23.0. The van der Waals surface area contributed by atoms with Crippen LogP contribution in [0.1, 0.15) is 38.2 Å². The molecule has 0 spiro atoms. The van der Waals surface area contributed by atoms with Crippen LogP contribution in [0.25, 0.3) is 0 Å². The predicted octanol–water partition coefficient (Wildman–Crippen LogP) is 2.94. The first-order chi connectivity index (χ1) is 17.7. The number of carbonyl (C=O) groups excluding carboxylic acids is 2. The fourth-order valence-corrected chi connectivity index (χ4v) is 5.55. The summed E-state index contributed by atoms with van der Waals surface area (Å²) in [6, 6.07) is 8.78. The van der Waals surface area contributed by atoms with Crippen LogP contribution in [-0.2, 0) is 33.2 Å². The van der Waals surface area contributed by atoms with Crippen LogP contribution in [0.3, 0.4) is 0 Å². The van der Waals surface area contributed by atoms with Crippen molar-refractivity contribution in [1.82, 2.24) is 5.32 Å². The molecule has 2 rings (SSSR count). The van der Waals surface area contributed by atoms with Gasteiger partial charge >= 0.3 is 5.97 Å². The Morgan fingerprint density at radius 3 is 2.45 bits per heavy atom. The van der Waals surface area contributed by atoms with Crippen LogP contribution in [0.4, 0.5) is 5.69 Å². The molecule has 0 saturated heterocycles. The molecule has 0 aliphatic carbocycles. The molecule has 0 aliphatic heterocycles. The van der Waals surface area contributed by atoms with Crippen molar-refractivity contribution in [3.63, 3.8) is 0 Å². The quantitative estimate of drug-likeness (QED) is 0.113. The third kappa shape index (κ3) is 9.58. The Hall–Kier alpha value is -3.23. The average Bonchev–Trinajstić information content (AvgIpc) is 2.84. The van der Waals surface area contributed by atoms with Gasteiger partial charge in [-0.2, -0.15) is 0 Å². The van der Waals surface area contributed by atoms with Crippen molar-refractivity contribution in [2.75, 3.05) is 25.5 Å². The topological polar surface area (TPSA) is 176 Å². The molecule has 1 N–H and O–H groups in total. The number of nitro groups is 1. The summed E-state index contributed by atoms with van der Waals surface area (Å²) < 4.78 is 58.3. The monoisotopic (exact) mass is 590 g/mol. The van der Waals surface area contributed by atoms with E-state index < -0.39 is 48.0 Å². The molecule has 0 aromatic heterocycles. The Balaban J connectivity index is 1.71. The number of rotatable bonds is 14. The SMILES string of the molecule is CC(C)c1cc(OCC(=O)NCCCC(=O)OCCS(=O)(=O)c2cccc([N+](=O)[O-])c2)ccc1S(=O)(=O)Cl. The highest BCUT2D eigenvalue weighted by Crippen LogP contribution is 2.30. The number of benzene rings is 2. The highest BCUT2D eigenvalue weighted by molar-refractivity contribution is 8.13. The largest absolute Gasteiger partial charge is 0.484 e. The summed E-state index contributed by atoms with van der Waals surface area (Å²) in [6.07, 6.45) is 0.145. The number of nitro benzene ring substituents is 1. The van der Waals surface area contributed by atoms with Gasteiger partial charge in [-0.25, -0.2) is 16.8 Å². The second-order valence-electron chi connectivity index (χ2n) is 8.33. The Bertz CT molecular complexity index is 1390. The van der Waals surface area contributed by atoms with Crippen LogP contribution in [-0.4, -0.2) is 59.1 Å². The number of non-ortho nitro benzene ring substituents is 1. The number of hydrogen-bond acceptors (Lipinski definition) is 10. The summed E-state index contributed by atoms with van der Waals surface area (Å²) in [6.45, 7) is 2.94. The van der Waals surface area contributed by atoms with E-state index in [1.807, 2.05) is 0 Å². The number of halogens is 1. The molecule has 208 valence electrons. The van der Waals surface area contributed by atoms with Gasteiger partial charge in [0.1, 0.15) is 12.4 Å². The molecule has 15 heteroatoms. The van der Waals surface area contributed by atoms with Crippen molar-refractivity contribution >= 4 is 47.1 Å². The standard InChI is InChI=1S/C23H27ClN2O10S2/c1-16(2)20-14-18(8-9-21(20)38(24,33)34)36-15-22(27)25-10-4-7-23(28)35-11-12-37(31,32)19-6-3-5-17(13-19)26(29)30/h3,5-6,8-9,13-14,16H,4,7,10-12,15H2,1-2H3,(H,25,27). The zero-order valence-electron chi connectivity index (χ0n) is 20.6. The third-order valence-electron chi connectivity index (χ3n) is 5.12. The molecular weight excluding hydrogens is 564 g/mol. The molecule has 2 aromatic carbocycles. The van der Waals surface area contributed by atoms with Crippen LogP contribution in [0.2, 0.25) is 0 Å². The summed E-state index contributed by atoms with van der Waals surface area (Å²) >= 11 is 0. The molecule has 0 fully saturated rings. The van der Waals surface area contributed by atoms with E-state index in [-0.39, 0.29) is 53.1 Å². The Labute approximate surface area is 224 Å². The van der Waals surface area contributed by atoms with E-state index in [2.05, 4.69) is 5.32 Å². The minimum atomic E-state index is -3.93. The summed E-state index contributed by atoms with van der Waals surface area (Å²) in [5, 5.41) is 13.4. The Morgan fingerprint density at radius 2 is 1.82 bits per heavy atom. The number of nitrogens with zero attached hydrogens (tertiary/aromatic N) is 1. The van der Waals surface area contributed by atoms with Crippen LogP contribution >= 0.6 is 10.7 Å². The van der Waals surface area contributed by atoms with E-state index in [1.165, 1.54) is 36.4 Å². The number of hydrogen-bond donors (Lipinski definition) is 1. The smallest absolute Gasteiger partial charge is 0.305 e. The number of amides is 1. The second kappa shape index (κ2) is 13.5. The maximum Gasteiger partial charge on any atom is 0.305 e. The number of esters is 1. The van der Waals surface area contributed by atoms with E-state index in [1.54, 1.807) is 13.8 Å². The van der Waals surface area contributed by atoms with Gasteiger partial charge in [-0.15, -0.1) is 0 Å². The average molecular weight is 591 g/mol. The van der Waals surface area contributed by atoms with Gasteiger partial charge in [-0.05, 0) is 42.2 Å². The Morgan fingerprint density at radius 1 is 1.11 bits per heavy atom. The fourth-order valence-electron chi connectivity index (χ4n) is 3.20. The van der Waals surface area contributed by atoms with Crippen LogP contribution in [0, 0.1) is 10.1 Å². The zero-order chi connectivity index (χ0) is 28.5. The van der Waals surface area contributed by atoms with Gasteiger partial charge in [0.05, 0.1) is 20.5 Å². The number of carbonyl (C=O) groups is 2. The minimum Gasteiger partial charge on any atom is -0.484 e. The van der Waals surface area contributed by atoms with Crippen molar-refractivity contribution < 1.29 is 40.8 Å². The van der Waals surface area contributed by atoms with Crippen molar-refractivity contribution in [2.24, 2.45) is 0 Å². The van der Waals surface area contributed by atoms with Crippen molar-refractivity contribution in [3.8, 4) is 5.75 Å². The van der Waals surface area contributed by atoms with E-state index in [4.69, 9.17) is 20.2 Å². The van der Waals surface area contributed by atoms with Gasteiger partial charge < -0.3 is 14.8 Å². The van der Waals surface area contributed by atoms with E-state index in [0.717, 1.165) is 6.07 Å². The molecule has 1 amide bonds. The van der Waals surface area contributed by atoms with Crippen molar-refractivity contribution in [1.29, 1.82) is 0 Å². The van der Waals surface area contributed by atoms with Crippen LogP contribution in [0.15, 0.2) is 52.3 Å². The molecule has 2 aromatic rings. The lowest BCUT2D eigenvalue weighted by Gasteiger charge is -2.13. The van der Waals surface area contributed by atoms with E-state index in [0.29, 0.717) is 5.56 Å². The number of ether oxygens (including phenoxy) is 2. The van der Waals surface area contributed by atoms with Gasteiger partial charge in [0.25, 0.3) is 20.6 Å². The van der Waals surface area contributed by atoms with Crippen molar-refractivity contribution in [3.05, 3.63) is 58.1 Å². The molecule has 0 unspecified atom stereocenters. The minimum absolute atomic E-state index is 0.0282. The molecule has 12 nitrogen and oxygen atoms in total. The molecule has 0 heterocycles. The summed E-state index contributed by atoms with van der Waals surface area (Å²) in [4.78, 5) is 33.7. The number of sulfone groups is 1. The molecule has 0 bridgehead atoms. The molecule has 0 saturated carbocycles. The molecule has 0 radical (unpaired) electrons. The molecule has 38 heavy (non-hydrogen) atoms. The lowest BCUT2D eigenvalue weighted by atomic mass is 10.0. The molecule has 0 atom stereocenters. The van der Waals surface area contributed by atoms with Crippen LogP contribution < -0.4 is 10.1 Å². The lowest BCUT2D eigenvalue weighted by Crippen LogP contribution is -2.30. The van der Waals surface area contributed by atoms with Gasteiger partial charge in [-0.1, -0.05) is 19.9 Å². The number of nitrogens with one attached hydrogen (secondary N) is 1. The third-order valence-corrected chi connectivity index (χ3v) is 8.19. The van der Waals surface area contributed by atoms with E-state index in [9.17, 15) is 36.5 Å². The molecular formula is C23H27ClN2O10S2. The van der Waals surface area contributed by atoms with E-state index >= 15 is 0 Å². The van der Waals surface area contributed by atoms with Gasteiger partial charge in [0.15, 0.2) is 16.4 Å². The fraction of sp³-hybridized carbons (Fsp3) is 0.391. The first-order valence-corrected chi connectivity index (χ1v) is 15.3. The molecule has 0 aliphatic rings. The summed E-state index contributed by atoms with van der Waals surface area (Å²) in [5.41, 5.74) is 0.0878. The maximum absolute atomic E-state index is 12.3. The first kappa shape index (κ1) is 31.0. The van der Waals surface area contributed by atoms with Gasteiger partial charge in [0, 0.05) is 35.8 Å². The highest BCUT2D eigenvalue weighted by atomic mass is 35.7. The van der Waals surface area contributed by atoms with Gasteiger partial charge in [-0.3, -0.25) is 19.7 Å². The highest BCUT2D eigenvalue weighted by Gasteiger charge is 2.20. The maximum atomic E-state index is 12.3. The van der Waals surface area contributed by atoms with Crippen molar-refractivity contribution in [2.45, 2.75) is 42.4 Å². The summed E-state index contributed by atoms with van der Waals surface area (Å²) in [7, 11) is -2.36. The Kier molecular flexibility index (Phi) is 11.0.